The van der Waals surface area contributed by atoms with Crippen LogP contribution in [0.2, 0.25) is 0 Å². The molecule has 1 fully saturated rings. The number of rotatable bonds is 5. The van der Waals surface area contributed by atoms with Gasteiger partial charge in [0.2, 0.25) is 5.91 Å². The van der Waals surface area contributed by atoms with Crippen LogP contribution >= 0.6 is 0 Å². The van der Waals surface area contributed by atoms with Crippen LogP contribution in [0, 0.1) is 17.2 Å². The summed E-state index contributed by atoms with van der Waals surface area (Å²) >= 11 is 0. The molecule has 1 N–H and O–H groups in total. The molecule has 1 aliphatic rings. The highest BCUT2D eigenvalue weighted by Crippen LogP contribution is 2.18. The summed E-state index contributed by atoms with van der Waals surface area (Å²) in [5, 5.41) is 12.1. The predicted octanol–water partition coefficient (Wildman–Crippen LogP) is 1.55. The van der Waals surface area contributed by atoms with Gasteiger partial charge in [0.05, 0.1) is 29.8 Å². The number of amides is 1. The number of carbonyl (C=O) groups excluding carboxylic acids is 2. The number of para-hydroxylation sites is 2. The zero-order valence-corrected chi connectivity index (χ0v) is 14.4. The highest BCUT2D eigenvalue weighted by molar-refractivity contribution is 6.04. The minimum atomic E-state index is -1.42. The van der Waals surface area contributed by atoms with E-state index in [0.29, 0.717) is 11.0 Å². The summed E-state index contributed by atoms with van der Waals surface area (Å²) < 4.78 is 1.25. The van der Waals surface area contributed by atoms with E-state index in [1.54, 1.807) is 30.3 Å². The summed E-state index contributed by atoms with van der Waals surface area (Å²) in [5.74, 6) is -2.59. The first kappa shape index (κ1) is 17.8. The van der Waals surface area contributed by atoms with E-state index in [1.807, 2.05) is 0 Å². The van der Waals surface area contributed by atoms with E-state index in [9.17, 15) is 19.6 Å². The van der Waals surface area contributed by atoms with Crippen LogP contribution in [0.4, 0.5) is 0 Å². The maximum absolute atomic E-state index is 12.6. The van der Waals surface area contributed by atoms with Gasteiger partial charge in [-0.15, -0.1) is 0 Å². The maximum Gasteiger partial charge on any atom is 0.269 e. The van der Waals surface area contributed by atoms with Crippen molar-refractivity contribution in [1.82, 2.24) is 14.9 Å². The van der Waals surface area contributed by atoms with Crippen LogP contribution in [0.1, 0.15) is 32.1 Å². The van der Waals surface area contributed by atoms with Gasteiger partial charge in [0, 0.05) is 6.04 Å². The fourth-order valence-electron chi connectivity index (χ4n) is 3.33. The number of benzene rings is 1. The molecule has 134 valence electrons. The lowest BCUT2D eigenvalue weighted by atomic mass is 9.94. The third-order valence-electron chi connectivity index (χ3n) is 4.73. The van der Waals surface area contributed by atoms with Crippen molar-refractivity contribution in [3.8, 4) is 6.07 Å². The Bertz CT molecular complexity index is 922. The zero-order chi connectivity index (χ0) is 18.5. The number of nitriles is 1. The lowest BCUT2D eigenvalue weighted by Gasteiger charge is -2.23. The van der Waals surface area contributed by atoms with E-state index < -0.39 is 23.2 Å². The second kappa shape index (κ2) is 7.91. The molecule has 7 nitrogen and oxygen atoms in total. The summed E-state index contributed by atoms with van der Waals surface area (Å²) in [5.41, 5.74) is 0.624. The average Bonchev–Trinajstić information content (AvgIpc) is 2.65. The third kappa shape index (κ3) is 3.80. The van der Waals surface area contributed by atoms with Crippen LogP contribution in [0.3, 0.4) is 0 Å². The number of hydrogen-bond acceptors (Lipinski definition) is 5. The minimum Gasteiger partial charge on any atom is -0.352 e. The van der Waals surface area contributed by atoms with Crippen molar-refractivity contribution in [2.24, 2.45) is 5.92 Å². The van der Waals surface area contributed by atoms with Gasteiger partial charge in [0.25, 0.3) is 5.56 Å². The van der Waals surface area contributed by atoms with Gasteiger partial charge in [-0.2, -0.15) is 5.26 Å². The van der Waals surface area contributed by atoms with Crippen LogP contribution < -0.4 is 10.9 Å². The summed E-state index contributed by atoms with van der Waals surface area (Å²) in [6.45, 7) is -0.335. The second-order valence-electron chi connectivity index (χ2n) is 6.54. The number of fused-ring (bicyclic) bond motifs is 1. The molecule has 1 aliphatic carbocycles. The van der Waals surface area contributed by atoms with Crippen LogP contribution in [0.5, 0.6) is 0 Å². The molecule has 1 aromatic heterocycles. The fourth-order valence-corrected chi connectivity index (χ4v) is 3.33. The molecule has 2 aromatic rings. The van der Waals surface area contributed by atoms with E-state index in [-0.39, 0.29) is 12.6 Å². The molecule has 26 heavy (non-hydrogen) atoms. The maximum atomic E-state index is 12.6. The molecule has 1 atom stereocenters. The standard InChI is InChI=1S/C19H20N4O3/c20-10-14(19(26)22-13-6-2-1-3-7-13)17(24)12-23-16-9-5-4-8-15(16)21-11-18(23)25/h4-5,8-9,11,13-14H,1-3,6-7,12H2,(H,22,26). The Hall–Kier alpha value is -3.01. The van der Waals surface area contributed by atoms with Crippen LogP contribution in [-0.4, -0.2) is 27.3 Å². The number of hydrogen-bond donors (Lipinski definition) is 1. The van der Waals surface area contributed by atoms with E-state index in [2.05, 4.69) is 10.3 Å². The first-order valence-electron chi connectivity index (χ1n) is 8.77. The number of nitrogens with one attached hydrogen (secondary N) is 1. The number of ketones is 1. The molecule has 1 amide bonds. The zero-order valence-electron chi connectivity index (χ0n) is 14.4. The molecule has 0 radical (unpaired) electrons. The van der Waals surface area contributed by atoms with Crippen molar-refractivity contribution in [1.29, 1.82) is 5.26 Å². The molecule has 0 aliphatic heterocycles. The van der Waals surface area contributed by atoms with E-state index >= 15 is 0 Å². The van der Waals surface area contributed by atoms with Gasteiger partial charge >= 0.3 is 0 Å². The van der Waals surface area contributed by atoms with E-state index in [1.165, 1.54) is 4.57 Å². The largest absolute Gasteiger partial charge is 0.352 e. The first-order chi connectivity index (χ1) is 12.6. The van der Waals surface area contributed by atoms with Gasteiger partial charge in [-0.1, -0.05) is 31.4 Å². The molecule has 1 aromatic carbocycles. The van der Waals surface area contributed by atoms with Gasteiger partial charge in [-0.25, -0.2) is 4.98 Å². The smallest absolute Gasteiger partial charge is 0.269 e. The molecular formula is C19H20N4O3. The monoisotopic (exact) mass is 352 g/mol. The van der Waals surface area contributed by atoms with Crippen LogP contribution in [0.15, 0.2) is 35.3 Å². The first-order valence-corrected chi connectivity index (χ1v) is 8.77. The lowest BCUT2D eigenvalue weighted by molar-refractivity contribution is -0.132. The number of Topliss-reactive ketones (excluding diaryl/α,β-unsaturated/α-hetero) is 1. The Labute approximate surface area is 150 Å². The highest BCUT2D eigenvalue weighted by atomic mass is 16.2. The van der Waals surface area contributed by atoms with Gasteiger partial charge in [0.15, 0.2) is 11.7 Å². The summed E-state index contributed by atoms with van der Waals surface area (Å²) in [4.78, 5) is 41.1. The van der Waals surface area contributed by atoms with Gasteiger partial charge in [-0.3, -0.25) is 19.0 Å². The van der Waals surface area contributed by atoms with Crippen molar-refractivity contribution >= 4 is 22.7 Å². The molecule has 0 bridgehead atoms. The third-order valence-corrected chi connectivity index (χ3v) is 4.73. The van der Waals surface area contributed by atoms with Crippen molar-refractivity contribution in [3.63, 3.8) is 0 Å². The van der Waals surface area contributed by atoms with E-state index in [0.717, 1.165) is 38.3 Å². The molecule has 0 saturated heterocycles. The van der Waals surface area contributed by atoms with Gasteiger partial charge in [-0.05, 0) is 25.0 Å². The van der Waals surface area contributed by atoms with Crippen molar-refractivity contribution in [3.05, 3.63) is 40.8 Å². The van der Waals surface area contributed by atoms with Crippen LogP contribution in [-0.2, 0) is 16.1 Å². The Morgan fingerprint density at radius 1 is 1.27 bits per heavy atom. The Balaban J connectivity index is 1.78. The fraction of sp³-hybridized carbons (Fsp3) is 0.421. The van der Waals surface area contributed by atoms with Crippen molar-refractivity contribution < 1.29 is 9.59 Å². The topological polar surface area (TPSA) is 105 Å². The van der Waals surface area contributed by atoms with E-state index in [4.69, 9.17) is 0 Å². The summed E-state index contributed by atoms with van der Waals surface area (Å²) in [6.07, 6.45) is 6.09. The molecule has 3 rings (SSSR count). The molecule has 1 heterocycles. The van der Waals surface area contributed by atoms with Crippen LogP contribution in [0.25, 0.3) is 11.0 Å². The molecule has 1 unspecified atom stereocenters. The summed E-state index contributed by atoms with van der Waals surface area (Å²) in [6, 6.07) is 8.73. The van der Waals surface area contributed by atoms with Crippen molar-refractivity contribution in [2.45, 2.75) is 44.7 Å². The minimum absolute atomic E-state index is 0.0179. The SMILES string of the molecule is N#CC(C(=O)Cn1c(=O)cnc2ccccc21)C(=O)NC1CCCCC1. The Morgan fingerprint density at radius 2 is 2.00 bits per heavy atom. The number of aromatic nitrogens is 2. The lowest BCUT2D eigenvalue weighted by Crippen LogP contribution is -2.43. The normalized spacial score (nSPS) is 16.0. The number of nitrogens with zero attached hydrogens (tertiary/aromatic N) is 3. The molecule has 0 spiro atoms. The Kier molecular flexibility index (Phi) is 5.42. The molecule has 7 heteroatoms. The Morgan fingerprint density at radius 3 is 2.73 bits per heavy atom. The highest BCUT2D eigenvalue weighted by Gasteiger charge is 2.29. The van der Waals surface area contributed by atoms with Gasteiger partial charge < -0.3 is 5.32 Å². The predicted molar refractivity (Wildman–Crippen MR) is 95.1 cm³/mol. The second-order valence-corrected chi connectivity index (χ2v) is 6.54. The number of carbonyl (C=O) groups is 2. The molecule has 1 saturated carbocycles. The van der Waals surface area contributed by atoms with Gasteiger partial charge in [0.1, 0.15) is 0 Å². The molecular weight excluding hydrogens is 332 g/mol. The summed E-state index contributed by atoms with van der Waals surface area (Å²) in [7, 11) is 0. The quantitative estimate of drug-likeness (QED) is 0.822. The van der Waals surface area contributed by atoms with Crippen molar-refractivity contribution in [2.75, 3.05) is 0 Å². The average molecular weight is 352 g/mol.